The Balaban J connectivity index is 1.40. The van der Waals surface area contributed by atoms with Crippen molar-refractivity contribution in [3.63, 3.8) is 0 Å². The van der Waals surface area contributed by atoms with Crippen molar-refractivity contribution in [2.45, 2.75) is 57.5 Å². The summed E-state index contributed by atoms with van der Waals surface area (Å²) in [5.74, 6) is 1.75. The summed E-state index contributed by atoms with van der Waals surface area (Å²) in [6.07, 6.45) is 6.74. The van der Waals surface area contributed by atoms with Gasteiger partial charge in [-0.05, 0) is 61.6 Å². The summed E-state index contributed by atoms with van der Waals surface area (Å²) < 4.78 is 13.5. The third-order valence-corrected chi connectivity index (χ3v) is 7.58. The lowest BCUT2D eigenvalue weighted by Crippen LogP contribution is -2.46. The molecule has 1 spiro atoms. The molecule has 2 aromatic heterocycles. The van der Waals surface area contributed by atoms with Crippen molar-refractivity contribution in [2.24, 2.45) is 0 Å². The zero-order valence-electron chi connectivity index (χ0n) is 18.8. The van der Waals surface area contributed by atoms with Crippen LogP contribution in [0.1, 0.15) is 61.0 Å². The van der Waals surface area contributed by atoms with Gasteiger partial charge >= 0.3 is 0 Å². The molecule has 0 saturated heterocycles. The second kappa shape index (κ2) is 7.34. The van der Waals surface area contributed by atoms with Crippen LogP contribution in [0, 0.1) is 6.92 Å². The summed E-state index contributed by atoms with van der Waals surface area (Å²) in [6.45, 7) is 7.10. The van der Waals surface area contributed by atoms with E-state index in [1.165, 1.54) is 36.8 Å². The zero-order chi connectivity index (χ0) is 21.9. The van der Waals surface area contributed by atoms with E-state index in [1.54, 1.807) is 10.5 Å². The Morgan fingerprint density at radius 3 is 2.62 bits per heavy atom. The Hall–Kier alpha value is -2.86. The molecule has 4 heterocycles. The molecule has 6 rings (SSSR count). The van der Waals surface area contributed by atoms with E-state index in [1.807, 2.05) is 25.3 Å². The highest BCUT2D eigenvalue weighted by molar-refractivity contribution is 5.53. The highest BCUT2D eigenvalue weighted by Crippen LogP contribution is 2.52. The van der Waals surface area contributed by atoms with Crippen LogP contribution in [0.25, 0.3) is 5.65 Å². The SMILES string of the molecule is Cc1ccc2nc(CN3CC4(CCCC4)c4cc5c(cc4[C@@H]3C)OCCO5)cc(=O)n2c1. The van der Waals surface area contributed by atoms with Crippen LogP contribution in [0.2, 0.25) is 0 Å². The van der Waals surface area contributed by atoms with Gasteiger partial charge in [-0.2, -0.15) is 0 Å². The fraction of sp³-hybridized carbons (Fsp3) is 0.462. The second-order valence-electron chi connectivity index (χ2n) is 9.67. The average Bonchev–Trinajstić information content (AvgIpc) is 3.26. The fourth-order valence-corrected chi connectivity index (χ4v) is 5.94. The van der Waals surface area contributed by atoms with Crippen molar-refractivity contribution in [1.82, 2.24) is 14.3 Å². The molecule has 3 aromatic rings. The zero-order valence-corrected chi connectivity index (χ0v) is 18.8. The third kappa shape index (κ3) is 3.12. The van der Waals surface area contributed by atoms with Gasteiger partial charge in [0.05, 0.1) is 5.69 Å². The Bertz CT molecular complexity index is 1260. The van der Waals surface area contributed by atoms with Gasteiger partial charge in [-0.25, -0.2) is 4.98 Å². The first kappa shape index (κ1) is 19.8. The number of pyridine rings is 1. The molecule has 3 aliphatic rings. The van der Waals surface area contributed by atoms with Gasteiger partial charge in [-0.1, -0.05) is 18.9 Å². The molecular weight excluding hydrogens is 402 g/mol. The van der Waals surface area contributed by atoms with Crippen molar-refractivity contribution < 1.29 is 9.47 Å². The molecule has 1 aromatic carbocycles. The lowest BCUT2D eigenvalue weighted by atomic mass is 9.71. The van der Waals surface area contributed by atoms with Gasteiger partial charge in [-0.3, -0.25) is 14.1 Å². The maximum absolute atomic E-state index is 12.8. The summed E-state index contributed by atoms with van der Waals surface area (Å²) in [5.41, 5.74) is 5.47. The van der Waals surface area contributed by atoms with E-state index in [2.05, 4.69) is 24.0 Å². The summed E-state index contributed by atoms with van der Waals surface area (Å²) >= 11 is 0. The lowest BCUT2D eigenvalue weighted by molar-refractivity contribution is 0.123. The Labute approximate surface area is 187 Å². The second-order valence-corrected chi connectivity index (χ2v) is 9.67. The minimum Gasteiger partial charge on any atom is -0.486 e. The number of benzene rings is 1. The van der Waals surface area contributed by atoms with Gasteiger partial charge in [0, 0.05) is 36.8 Å². The minimum absolute atomic E-state index is 0.0195. The number of hydrogen-bond donors (Lipinski definition) is 0. The number of ether oxygens (including phenoxy) is 2. The van der Waals surface area contributed by atoms with Crippen molar-refractivity contribution >= 4 is 5.65 Å². The molecule has 1 atom stereocenters. The average molecular weight is 432 g/mol. The molecule has 6 heteroatoms. The first-order valence-corrected chi connectivity index (χ1v) is 11.7. The minimum atomic E-state index is -0.0195. The predicted molar refractivity (Wildman–Crippen MR) is 123 cm³/mol. The van der Waals surface area contributed by atoms with E-state index in [9.17, 15) is 4.79 Å². The van der Waals surface area contributed by atoms with Crippen molar-refractivity contribution in [3.05, 3.63) is 69.3 Å². The highest BCUT2D eigenvalue weighted by atomic mass is 16.6. The first-order chi connectivity index (χ1) is 15.5. The maximum Gasteiger partial charge on any atom is 0.258 e. The molecule has 166 valence electrons. The molecule has 2 aliphatic heterocycles. The number of rotatable bonds is 2. The van der Waals surface area contributed by atoms with Crippen LogP contribution < -0.4 is 15.0 Å². The van der Waals surface area contributed by atoms with Crippen molar-refractivity contribution in [3.8, 4) is 11.5 Å². The van der Waals surface area contributed by atoms with Crippen LogP contribution in [0.4, 0.5) is 0 Å². The first-order valence-electron chi connectivity index (χ1n) is 11.7. The molecular formula is C26H29N3O3. The summed E-state index contributed by atoms with van der Waals surface area (Å²) in [5, 5.41) is 0. The Morgan fingerprint density at radius 2 is 1.84 bits per heavy atom. The smallest absolute Gasteiger partial charge is 0.258 e. The van der Waals surface area contributed by atoms with E-state index in [0.717, 1.165) is 29.3 Å². The monoisotopic (exact) mass is 431 g/mol. The van der Waals surface area contributed by atoms with E-state index in [-0.39, 0.29) is 17.0 Å². The molecule has 0 unspecified atom stereocenters. The van der Waals surface area contributed by atoms with Crippen LogP contribution in [-0.4, -0.2) is 34.0 Å². The van der Waals surface area contributed by atoms with E-state index >= 15 is 0 Å². The molecule has 32 heavy (non-hydrogen) atoms. The molecule has 0 radical (unpaired) electrons. The number of nitrogens with zero attached hydrogens (tertiary/aromatic N) is 3. The number of fused-ring (bicyclic) bond motifs is 4. The van der Waals surface area contributed by atoms with Gasteiger partial charge in [-0.15, -0.1) is 0 Å². The fourth-order valence-electron chi connectivity index (χ4n) is 5.94. The summed E-state index contributed by atoms with van der Waals surface area (Å²) in [4.78, 5) is 20.1. The molecule has 0 N–H and O–H groups in total. The molecule has 1 saturated carbocycles. The molecule has 1 aliphatic carbocycles. The summed E-state index contributed by atoms with van der Waals surface area (Å²) in [7, 11) is 0. The number of aromatic nitrogens is 2. The van der Waals surface area contributed by atoms with Crippen molar-refractivity contribution in [1.29, 1.82) is 0 Å². The normalized spacial score (nSPS) is 21.8. The molecule has 1 fully saturated rings. The van der Waals surface area contributed by atoms with Crippen LogP contribution in [-0.2, 0) is 12.0 Å². The third-order valence-electron chi connectivity index (χ3n) is 7.58. The topological polar surface area (TPSA) is 56.1 Å². The van der Waals surface area contributed by atoms with Gasteiger partial charge in [0.2, 0.25) is 0 Å². The van der Waals surface area contributed by atoms with Crippen LogP contribution in [0.5, 0.6) is 11.5 Å². The van der Waals surface area contributed by atoms with E-state index in [0.29, 0.717) is 25.4 Å². The maximum atomic E-state index is 12.8. The van der Waals surface area contributed by atoms with Gasteiger partial charge in [0.15, 0.2) is 11.5 Å². The Morgan fingerprint density at radius 1 is 1.09 bits per heavy atom. The van der Waals surface area contributed by atoms with Crippen LogP contribution in [0.3, 0.4) is 0 Å². The predicted octanol–water partition coefficient (Wildman–Crippen LogP) is 4.16. The molecule has 6 nitrogen and oxygen atoms in total. The van der Waals surface area contributed by atoms with Gasteiger partial charge in [0.25, 0.3) is 5.56 Å². The van der Waals surface area contributed by atoms with Crippen LogP contribution in [0.15, 0.2) is 41.3 Å². The van der Waals surface area contributed by atoms with E-state index in [4.69, 9.17) is 14.5 Å². The van der Waals surface area contributed by atoms with Gasteiger partial charge in [0.1, 0.15) is 18.9 Å². The number of hydrogen-bond acceptors (Lipinski definition) is 5. The van der Waals surface area contributed by atoms with E-state index < -0.39 is 0 Å². The standard InChI is InChI=1S/C26H29N3O3/c1-17-5-6-24-27-19(11-25(30)29(24)14-17)15-28-16-26(7-3-4-8-26)21-13-23-22(31-9-10-32-23)12-20(21)18(28)2/h5-6,11-14,18H,3-4,7-10,15-16H2,1-2H3/t18-/m0/s1. The molecule has 0 bridgehead atoms. The number of aryl methyl sites for hydroxylation is 1. The Kier molecular flexibility index (Phi) is 4.54. The lowest BCUT2D eigenvalue weighted by Gasteiger charge is -2.46. The quantitative estimate of drug-likeness (QED) is 0.610. The van der Waals surface area contributed by atoms with Crippen molar-refractivity contribution in [2.75, 3.05) is 19.8 Å². The van der Waals surface area contributed by atoms with Gasteiger partial charge < -0.3 is 9.47 Å². The largest absolute Gasteiger partial charge is 0.486 e. The molecule has 0 amide bonds. The summed E-state index contributed by atoms with van der Waals surface area (Å²) in [6, 6.07) is 10.3. The van der Waals surface area contributed by atoms with Crippen LogP contribution >= 0.6 is 0 Å². The highest BCUT2D eigenvalue weighted by Gasteiger charge is 2.45.